The zero-order valence-corrected chi connectivity index (χ0v) is 16.6. The van der Waals surface area contributed by atoms with Crippen LogP contribution >= 0.6 is 11.3 Å². The molecule has 0 fully saturated rings. The molecular formula is C22H17N3O4S. The van der Waals surface area contributed by atoms with Gasteiger partial charge in [0.25, 0.3) is 0 Å². The molecule has 0 atom stereocenters. The minimum Gasteiger partial charge on any atom is -0.454 e. The van der Waals surface area contributed by atoms with E-state index in [0.29, 0.717) is 29.6 Å². The number of hydrogen-bond acceptors (Lipinski definition) is 7. The van der Waals surface area contributed by atoms with Crippen LogP contribution in [0.1, 0.15) is 17.0 Å². The second-order valence-electron chi connectivity index (χ2n) is 6.74. The second kappa shape index (κ2) is 8.00. The van der Waals surface area contributed by atoms with E-state index in [0.717, 1.165) is 21.7 Å². The van der Waals surface area contributed by atoms with Gasteiger partial charge < -0.3 is 19.3 Å². The molecule has 3 heterocycles. The number of benzene rings is 2. The van der Waals surface area contributed by atoms with Crippen molar-refractivity contribution in [2.45, 2.75) is 12.8 Å². The molecule has 1 amide bonds. The summed E-state index contributed by atoms with van der Waals surface area (Å²) in [6.45, 7) is 0.211. The Bertz CT molecular complexity index is 1190. The summed E-state index contributed by atoms with van der Waals surface area (Å²) >= 11 is 1.56. The lowest BCUT2D eigenvalue weighted by atomic mass is 10.1. The van der Waals surface area contributed by atoms with Gasteiger partial charge in [0.15, 0.2) is 11.5 Å². The first-order valence-electron chi connectivity index (χ1n) is 9.37. The van der Waals surface area contributed by atoms with E-state index in [-0.39, 0.29) is 19.1 Å². The largest absolute Gasteiger partial charge is 0.454 e. The van der Waals surface area contributed by atoms with Crippen LogP contribution < -0.4 is 14.8 Å². The third kappa shape index (κ3) is 3.90. The summed E-state index contributed by atoms with van der Waals surface area (Å²) in [5, 5.41) is 9.00. The highest BCUT2D eigenvalue weighted by Gasteiger charge is 2.16. The first kappa shape index (κ1) is 18.4. The molecule has 150 valence electrons. The highest BCUT2D eigenvalue weighted by atomic mass is 32.1. The average Bonchev–Trinajstić information content (AvgIpc) is 3.50. The van der Waals surface area contributed by atoms with E-state index in [4.69, 9.17) is 14.0 Å². The maximum Gasteiger partial charge on any atom is 0.231 e. The third-order valence-corrected chi connectivity index (χ3v) is 5.51. The minimum absolute atomic E-state index is 0.119. The van der Waals surface area contributed by atoms with Crippen molar-refractivity contribution < 1.29 is 18.8 Å². The van der Waals surface area contributed by atoms with Gasteiger partial charge in [0.05, 0.1) is 17.7 Å². The van der Waals surface area contributed by atoms with Gasteiger partial charge in [0.2, 0.25) is 24.4 Å². The molecule has 0 saturated carbocycles. The number of fused-ring (bicyclic) bond motifs is 1. The number of aromatic nitrogens is 2. The Labute approximate surface area is 176 Å². The van der Waals surface area contributed by atoms with Gasteiger partial charge >= 0.3 is 0 Å². The van der Waals surface area contributed by atoms with E-state index in [1.165, 1.54) is 0 Å². The van der Waals surface area contributed by atoms with Crippen LogP contribution in [0.4, 0.5) is 5.69 Å². The molecule has 30 heavy (non-hydrogen) atoms. The zero-order valence-electron chi connectivity index (χ0n) is 15.8. The summed E-state index contributed by atoms with van der Waals surface area (Å²) in [7, 11) is 0. The van der Waals surface area contributed by atoms with Crippen molar-refractivity contribution in [1.82, 2.24) is 10.1 Å². The zero-order chi connectivity index (χ0) is 20.3. The van der Waals surface area contributed by atoms with Gasteiger partial charge in [0.1, 0.15) is 0 Å². The molecule has 1 aliphatic heterocycles. The highest BCUT2D eigenvalue weighted by molar-refractivity contribution is 7.13. The quantitative estimate of drug-likeness (QED) is 0.501. The molecule has 0 saturated heterocycles. The van der Waals surface area contributed by atoms with Crippen molar-refractivity contribution in [3.63, 3.8) is 0 Å². The Kier molecular flexibility index (Phi) is 4.90. The molecular weight excluding hydrogens is 402 g/mol. The number of thiophene rings is 1. The molecule has 7 nitrogen and oxygen atoms in total. The van der Waals surface area contributed by atoms with Crippen LogP contribution in [0, 0.1) is 0 Å². The SMILES string of the molecule is O=C(Cc1ccc2c(c1)OCO2)Nc1ccccc1Cc1nc(-c2cccs2)no1. The lowest BCUT2D eigenvalue weighted by Gasteiger charge is -2.10. The number of ether oxygens (including phenoxy) is 2. The van der Waals surface area contributed by atoms with Gasteiger partial charge in [-0.25, -0.2) is 0 Å². The summed E-state index contributed by atoms with van der Waals surface area (Å²) in [5.41, 5.74) is 2.48. The third-order valence-electron chi connectivity index (χ3n) is 4.64. The summed E-state index contributed by atoms with van der Waals surface area (Å²) in [6.07, 6.45) is 0.660. The Hall–Kier alpha value is -3.65. The van der Waals surface area contributed by atoms with Crippen LogP contribution in [0.3, 0.4) is 0 Å². The fourth-order valence-electron chi connectivity index (χ4n) is 3.22. The number of carbonyl (C=O) groups excluding carboxylic acids is 1. The van der Waals surface area contributed by atoms with Gasteiger partial charge in [-0.3, -0.25) is 4.79 Å². The molecule has 0 aliphatic carbocycles. The van der Waals surface area contributed by atoms with E-state index < -0.39 is 0 Å². The summed E-state index contributed by atoms with van der Waals surface area (Å²) in [5.74, 6) is 2.32. The fraction of sp³-hybridized carbons (Fsp3) is 0.136. The van der Waals surface area contributed by atoms with E-state index in [9.17, 15) is 4.79 Å². The molecule has 4 aromatic rings. The molecule has 1 N–H and O–H groups in total. The second-order valence-corrected chi connectivity index (χ2v) is 7.68. The van der Waals surface area contributed by atoms with Crippen LogP contribution in [0.2, 0.25) is 0 Å². The van der Waals surface area contributed by atoms with Gasteiger partial charge in [-0.05, 0) is 40.8 Å². The summed E-state index contributed by atoms with van der Waals surface area (Å²) < 4.78 is 16.1. The monoisotopic (exact) mass is 419 g/mol. The van der Waals surface area contributed by atoms with Crippen molar-refractivity contribution >= 4 is 22.9 Å². The minimum atomic E-state index is -0.119. The molecule has 0 unspecified atom stereocenters. The Morgan fingerprint density at radius 1 is 1.07 bits per heavy atom. The van der Waals surface area contributed by atoms with Crippen molar-refractivity contribution in [3.8, 4) is 22.2 Å². The van der Waals surface area contributed by atoms with Gasteiger partial charge in [-0.1, -0.05) is 35.5 Å². The predicted molar refractivity (Wildman–Crippen MR) is 112 cm³/mol. The number of nitrogens with one attached hydrogen (secondary N) is 1. The smallest absolute Gasteiger partial charge is 0.231 e. The Balaban J connectivity index is 1.28. The molecule has 0 radical (unpaired) electrons. The molecule has 2 aromatic carbocycles. The number of hydrogen-bond donors (Lipinski definition) is 1. The van der Waals surface area contributed by atoms with Crippen LogP contribution in [0.5, 0.6) is 11.5 Å². The van der Waals surface area contributed by atoms with E-state index in [1.807, 2.05) is 60.0 Å². The summed E-state index contributed by atoms with van der Waals surface area (Å²) in [6, 6.07) is 17.0. The maximum absolute atomic E-state index is 12.6. The normalized spacial score (nSPS) is 12.1. The molecule has 1 aliphatic rings. The highest BCUT2D eigenvalue weighted by Crippen LogP contribution is 2.32. The van der Waals surface area contributed by atoms with Crippen LogP contribution in [0.15, 0.2) is 64.5 Å². The molecule has 5 rings (SSSR count). The van der Waals surface area contributed by atoms with E-state index >= 15 is 0 Å². The number of carbonyl (C=O) groups is 1. The molecule has 8 heteroatoms. The number of rotatable bonds is 6. The lowest BCUT2D eigenvalue weighted by Crippen LogP contribution is -2.15. The molecule has 0 spiro atoms. The first-order chi connectivity index (χ1) is 14.7. The molecule has 0 bridgehead atoms. The van der Waals surface area contributed by atoms with Crippen molar-refractivity contribution in [2.24, 2.45) is 0 Å². The summed E-state index contributed by atoms with van der Waals surface area (Å²) in [4.78, 5) is 18.0. The van der Waals surface area contributed by atoms with E-state index in [1.54, 1.807) is 11.3 Å². The fourth-order valence-corrected chi connectivity index (χ4v) is 3.87. The number of anilines is 1. The average molecular weight is 419 g/mol. The standard InChI is InChI=1S/C22H17N3O4S/c26-20(11-14-7-8-17-18(10-14)28-13-27-17)23-16-5-2-1-4-15(16)12-21-24-22(25-29-21)19-6-3-9-30-19/h1-10H,11-13H2,(H,23,26). The van der Waals surface area contributed by atoms with E-state index in [2.05, 4.69) is 15.5 Å². The van der Waals surface area contributed by atoms with Crippen molar-refractivity contribution in [1.29, 1.82) is 0 Å². The van der Waals surface area contributed by atoms with Gasteiger partial charge in [-0.2, -0.15) is 4.98 Å². The number of para-hydroxylation sites is 1. The molecule has 2 aromatic heterocycles. The Morgan fingerprint density at radius 2 is 1.97 bits per heavy atom. The van der Waals surface area contributed by atoms with Gasteiger partial charge in [-0.15, -0.1) is 11.3 Å². The van der Waals surface area contributed by atoms with Crippen LogP contribution in [0.25, 0.3) is 10.7 Å². The van der Waals surface area contributed by atoms with Crippen LogP contribution in [-0.2, 0) is 17.6 Å². The van der Waals surface area contributed by atoms with Gasteiger partial charge in [0, 0.05) is 5.69 Å². The first-order valence-corrected chi connectivity index (χ1v) is 10.3. The topological polar surface area (TPSA) is 86.5 Å². The number of amides is 1. The van der Waals surface area contributed by atoms with Crippen molar-refractivity contribution in [2.75, 3.05) is 12.1 Å². The van der Waals surface area contributed by atoms with Crippen molar-refractivity contribution in [3.05, 3.63) is 77.0 Å². The predicted octanol–water partition coefficient (Wildman–Crippen LogP) is 4.30. The Morgan fingerprint density at radius 3 is 2.87 bits per heavy atom. The maximum atomic E-state index is 12.6. The number of nitrogens with zero attached hydrogens (tertiary/aromatic N) is 2. The van der Waals surface area contributed by atoms with Crippen LogP contribution in [-0.4, -0.2) is 22.8 Å². The lowest BCUT2D eigenvalue weighted by molar-refractivity contribution is -0.115.